The minimum absolute atomic E-state index is 0.399. The molecule has 0 atom stereocenters. The van der Waals surface area contributed by atoms with Gasteiger partial charge in [-0.3, -0.25) is 4.68 Å². The molecule has 1 aromatic heterocycles. The first-order valence-electron chi connectivity index (χ1n) is 6.37. The molecule has 1 N–H and O–H groups in total. The maximum atomic E-state index is 4.76. The molecule has 2 heterocycles. The molecule has 3 rings (SSSR count). The largest absolute Gasteiger partial charge is 0.316 e. The zero-order chi connectivity index (χ0) is 11.9. The first kappa shape index (κ1) is 10.8. The molecule has 1 aliphatic heterocycles. The van der Waals surface area contributed by atoms with Crippen LogP contribution in [0.5, 0.6) is 0 Å². The summed E-state index contributed by atoms with van der Waals surface area (Å²) in [5.74, 6) is 0. The van der Waals surface area contributed by atoms with Crippen LogP contribution in [0.4, 0.5) is 0 Å². The van der Waals surface area contributed by atoms with Gasteiger partial charge in [0, 0.05) is 25.0 Å². The van der Waals surface area contributed by atoms with Gasteiger partial charge in [-0.1, -0.05) is 25.1 Å². The Balaban J connectivity index is 2.03. The standard InChI is InChI=1S/C14H19N3/c1-3-17-13-7-5-4-6-11(13)12(16-17)8-14(2)9-15-10-14/h4-7,15H,3,8-10H2,1-2H3. The molecule has 1 aromatic carbocycles. The van der Waals surface area contributed by atoms with E-state index in [2.05, 4.69) is 48.1 Å². The van der Waals surface area contributed by atoms with Crippen molar-refractivity contribution in [3.8, 4) is 0 Å². The number of aryl methyl sites for hydroxylation is 1. The first-order valence-corrected chi connectivity index (χ1v) is 6.37. The van der Waals surface area contributed by atoms with Gasteiger partial charge in [-0.05, 0) is 24.8 Å². The van der Waals surface area contributed by atoms with Crippen LogP contribution in [0, 0.1) is 5.41 Å². The second-order valence-corrected chi connectivity index (χ2v) is 5.37. The highest BCUT2D eigenvalue weighted by Crippen LogP contribution is 2.29. The fourth-order valence-electron chi connectivity index (χ4n) is 2.65. The Hall–Kier alpha value is -1.35. The summed E-state index contributed by atoms with van der Waals surface area (Å²) in [7, 11) is 0. The zero-order valence-corrected chi connectivity index (χ0v) is 10.5. The normalized spacial score (nSPS) is 18.2. The van der Waals surface area contributed by atoms with Gasteiger partial charge in [-0.2, -0.15) is 5.10 Å². The molecule has 0 spiro atoms. The van der Waals surface area contributed by atoms with Crippen molar-refractivity contribution < 1.29 is 0 Å². The molecule has 0 saturated carbocycles. The third-order valence-electron chi connectivity index (χ3n) is 3.73. The van der Waals surface area contributed by atoms with Crippen LogP contribution in [0.25, 0.3) is 10.9 Å². The fraction of sp³-hybridized carbons (Fsp3) is 0.500. The fourth-order valence-corrected chi connectivity index (χ4v) is 2.65. The molecule has 0 bridgehead atoms. The van der Waals surface area contributed by atoms with Crippen molar-refractivity contribution in [1.82, 2.24) is 15.1 Å². The summed E-state index contributed by atoms with van der Waals surface area (Å²) in [5.41, 5.74) is 2.92. The van der Waals surface area contributed by atoms with E-state index in [4.69, 9.17) is 5.10 Å². The van der Waals surface area contributed by atoms with Crippen molar-refractivity contribution in [2.75, 3.05) is 13.1 Å². The lowest BCUT2D eigenvalue weighted by atomic mass is 9.79. The lowest BCUT2D eigenvalue weighted by Crippen LogP contribution is -2.52. The van der Waals surface area contributed by atoms with E-state index >= 15 is 0 Å². The summed E-state index contributed by atoms with van der Waals surface area (Å²) in [6, 6.07) is 8.55. The van der Waals surface area contributed by atoms with Gasteiger partial charge in [-0.15, -0.1) is 0 Å². The minimum atomic E-state index is 0.399. The Morgan fingerprint density at radius 3 is 2.76 bits per heavy atom. The molecular weight excluding hydrogens is 210 g/mol. The zero-order valence-electron chi connectivity index (χ0n) is 10.5. The number of hydrogen-bond acceptors (Lipinski definition) is 2. The lowest BCUT2D eigenvalue weighted by Gasteiger charge is -2.39. The molecular formula is C14H19N3. The van der Waals surface area contributed by atoms with Gasteiger partial charge in [0.05, 0.1) is 11.2 Å². The third kappa shape index (κ3) is 1.75. The highest BCUT2D eigenvalue weighted by molar-refractivity contribution is 5.82. The number of nitrogens with one attached hydrogen (secondary N) is 1. The highest BCUT2D eigenvalue weighted by Gasteiger charge is 2.33. The second-order valence-electron chi connectivity index (χ2n) is 5.37. The van der Waals surface area contributed by atoms with Crippen LogP contribution in [0.15, 0.2) is 24.3 Å². The van der Waals surface area contributed by atoms with Crippen molar-refractivity contribution in [3.63, 3.8) is 0 Å². The van der Waals surface area contributed by atoms with Crippen LogP contribution < -0.4 is 5.32 Å². The maximum absolute atomic E-state index is 4.76. The predicted octanol–water partition coefficient (Wildman–Crippen LogP) is 2.21. The second kappa shape index (κ2) is 3.84. The number of hydrogen-bond donors (Lipinski definition) is 1. The number of rotatable bonds is 3. The number of aromatic nitrogens is 2. The molecule has 3 nitrogen and oxygen atoms in total. The summed E-state index contributed by atoms with van der Waals surface area (Å²) in [5, 5.41) is 9.44. The Morgan fingerprint density at radius 2 is 2.12 bits per heavy atom. The van der Waals surface area contributed by atoms with Crippen molar-refractivity contribution in [3.05, 3.63) is 30.0 Å². The monoisotopic (exact) mass is 229 g/mol. The van der Waals surface area contributed by atoms with Crippen LogP contribution >= 0.6 is 0 Å². The van der Waals surface area contributed by atoms with Gasteiger partial charge in [0.2, 0.25) is 0 Å². The SMILES string of the molecule is CCn1nc(CC2(C)CNC2)c2ccccc21. The van der Waals surface area contributed by atoms with Gasteiger partial charge in [0.15, 0.2) is 0 Å². The third-order valence-corrected chi connectivity index (χ3v) is 3.73. The van der Waals surface area contributed by atoms with E-state index in [1.54, 1.807) is 0 Å². The molecule has 3 heteroatoms. The van der Waals surface area contributed by atoms with Crippen LogP contribution in [0.2, 0.25) is 0 Å². The molecule has 0 amide bonds. The summed E-state index contributed by atoms with van der Waals surface area (Å²) < 4.78 is 2.11. The number of para-hydroxylation sites is 1. The highest BCUT2D eigenvalue weighted by atomic mass is 15.3. The summed E-state index contributed by atoms with van der Waals surface area (Å²) in [6.45, 7) is 7.65. The van der Waals surface area contributed by atoms with E-state index in [-0.39, 0.29) is 0 Å². The topological polar surface area (TPSA) is 29.9 Å². The Labute approximate surface area is 102 Å². The Kier molecular flexibility index (Phi) is 2.44. The number of fused-ring (bicyclic) bond motifs is 1. The average Bonchev–Trinajstić information content (AvgIpc) is 2.66. The molecule has 1 fully saturated rings. The molecule has 0 unspecified atom stereocenters. The molecule has 1 saturated heterocycles. The van der Waals surface area contributed by atoms with Crippen LogP contribution in [0.1, 0.15) is 19.5 Å². The quantitative estimate of drug-likeness (QED) is 0.874. The van der Waals surface area contributed by atoms with E-state index in [0.29, 0.717) is 5.41 Å². The predicted molar refractivity (Wildman–Crippen MR) is 70.1 cm³/mol. The van der Waals surface area contributed by atoms with Gasteiger partial charge in [-0.25, -0.2) is 0 Å². The molecule has 0 aliphatic carbocycles. The smallest absolute Gasteiger partial charge is 0.0709 e. The van der Waals surface area contributed by atoms with Crippen molar-refractivity contribution in [1.29, 1.82) is 0 Å². The van der Waals surface area contributed by atoms with E-state index < -0.39 is 0 Å². The van der Waals surface area contributed by atoms with Crippen LogP contribution in [-0.4, -0.2) is 22.9 Å². The van der Waals surface area contributed by atoms with Crippen LogP contribution in [-0.2, 0) is 13.0 Å². The first-order chi connectivity index (χ1) is 8.22. The minimum Gasteiger partial charge on any atom is -0.316 e. The van der Waals surface area contributed by atoms with Gasteiger partial charge in [0.25, 0.3) is 0 Å². The molecule has 1 aliphatic rings. The Morgan fingerprint density at radius 1 is 1.35 bits per heavy atom. The average molecular weight is 229 g/mol. The molecule has 2 aromatic rings. The summed E-state index contributed by atoms with van der Waals surface area (Å²) in [6.07, 6.45) is 1.08. The number of benzene rings is 1. The van der Waals surface area contributed by atoms with Crippen LogP contribution in [0.3, 0.4) is 0 Å². The van der Waals surface area contributed by atoms with Gasteiger partial charge in [0.1, 0.15) is 0 Å². The number of nitrogens with zero attached hydrogens (tertiary/aromatic N) is 2. The van der Waals surface area contributed by atoms with Crippen molar-refractivity contribution in [2.45, 2.75) is 26.8 Å². The molecule has 90 valence electrons. The van der Waals surface area contributed by atoms with Gasteiger partial charge < -0.3 is 5.32 Å². The van der Waals surface area contributed by atoms with Gasteiger partial charge >= 0.3 is 0 Å². The summed E-state index contributed by atoms with van der Waals surface area (Å²) in [4.78, 5) is 0. The van der Waals surface area contributed by atoms with E-state index in [9.17, 15) is 0 Å². The van der Waals surface area contributed by atoms with Crippen molar-refractivity contribution in [2.24, 2.45) is 5.41 Å². The van der Waals surface area contributed by atoms with Crippen molar-refractivity contribution >= 4 is 10.9 Å². The van der Waals surface area contributed by atoms with E-state index in [1.807, 2.05) is 0 Å². The molecule has 0 radical (unpaired) electrons. The van der Waals surface area contributed by atoms with E-state index in [1.165, 1.54) is 16.6 Å². The summed E-state index contributed by atoms with van der Waals surface area (Å²) >= 11 is 0. The Bertz CT molecular complexity index is 537. The maximum Gasteiger partial charge on any atom is 0.0709 e. The lowest BCUT2D eigenvalue weighted by molar-refractivity contribution is 0.194. The van der Waals surface area contributed by atoms with E-state index in [0.717, 1.165) is 26.1 Å². The molecule has 17 heavy (non-hydrogen) atoms.